The van der Waals surface area contributed by atoms with Crippen LogP contribution in [0.4, 0.5) is 0 Å². The second-order valence-corrected chi connectivity index (χ2v) is 4.91. The van der Waals surface area contributed by atoms with Gasteiger partial charge in [0.05, 0.1) is 17.1 Å². The first-order chi connectivity index (χ1) is 10.7. The summed E-state index contributed by atoms with van der Waals surface area (Å²) in [5.41, 5.74) is 1.79. The number of aryl methyl sites for hydroxylation is 1. The Kier molecular flexibility index (Phi) is 3.78. The van der Waals surface area contributed by atoms with Crippen molar-refractivity contribution in [1.29, 1.82) is 0 Å². The van der Waals surface area contributed by atoms with Gasteiger partial charge in [-0.2, -0.15) is 5.10 Å². The summed E-state index contributed by atoms with van der Waals surface area (Å²) in [4.78, 5) is 25.3. The summed E-state index contributed by atoms with van der Waals surface area (Å²) < 4.78 is 1.66. The van der Waals surface area contributed by atoms with Gasteiger partial charge in [0.15, 0.2) is 0 Å². The Morgan fingerprint density at radius 1 is 1.27 bits per heavy atom. The zero-order chi connectivity index (χ0) is 15.5. The van der Waals surface area contributed by atoms with Crippen LogP contribution in [0.2, 0.25) is 0 Å². The summed E-state index contributed by atoms with van der Waals surface area (Å²) in [5.74, 6) is 0.531. The number of carbonyl (C=O) groups excluding carboxylic acids is 1. The quantitative estimate of drug-likeness (QED) is 0.791. The van der Waals surface area contributed by atoms with Crippen LogP contribution in [0, 0.1) is 0 Å². The van der Waals surface area contributed by atoms with E-state index in [9.17, 15) is 4.79 Å². The van der Waals surface area contributed by atoms with Crippen molar-refractivity contribution in [2.24, 2.45) is 7.05 Å². The molecule has 1 amide bonds. The molecule has 1 N–H and O–H groups in total. The van der Waals surface area contributed by atoms with Crippen LogP contribution < -0.4 is 5.32 Å². The van der Waals surface area contributed by atoms with E-state index < -0.39 is 0 Å². The highest BCUT2D eigenvalue weighted by molar-refractivity contribution is 6.04. The number of para-hydroxylation sites is 1. The van der Waals surface area contributed by atoms with Gasteiger partial charge in [-0.3, -0.25) is 19.4 Å². The van der Waals surface area contributed by atoms with Gasteiger partial charge in [-0.15, -0.1) is 0 Å². The van der Waals surface area contributed by atoms with Crippen molar-refractivity contribution in [1.82, 2.24) is 30.0 Å². The molecule has 0 bridgehead atoms. The summed E-state index contributed by atoms with van der Waals surface area (Å²) in [6, 6.07) is 5.18. The Morgan fingerprint density at radius 2 is 2.09 bits per heavy atom. The first kappa shape index (κ1) is 14.1. The van der Waals surface area contributed by atoms with Crippen LogP contribution in [0.15, 0.2) is 36.9 Å². The van der Waals surface area contributed by atoms with E-state index >= 15 is 0 Å². The van der Waals surface area contributed by atoms with Gasteiger partial charge in [0.1, 0.15) is 17.7 Å². The molecule has 22 heavy (non-hydrogen) atoms. The van der Waals surface area contributed by atoms with Gasteiger partial charge >= 0.3 is 0 Å². The highest BCUT2D eigenvalue weighted by Gasteiger charge is 2.19. The monoisotopic (exact) mass is 296 g/mol. The fraction of sp³-hybridized carbons (Fsp3) is 0.267. The molecule has 0 aliphatic rings. The van der Waals surface area contributed by atoms with Crippen LogP contribution in [-0.4, -0.2) is 30.6 Å². The Bertz CT molecular complexity index is 807. The van der Waals surface area contributed by atoms with E-state index in [1.54, 1.807) is 36.3 Å². The maximum absolute atomic E-state index is 12.6. The van der Waals surface area contributed by atoms with Crippen LogP contribution in [-0.2, 0) is 7.05 Å². The molecular formula is C15H16N6O. The van der Waals surface area contributed by atoms with Gasteiger partial charge < -0.3 is 5.32 Å². The summed E-state index contributed by atoms with van der Waals surface area (Å²) in [5, 5.41) is 7.04. The van der Waals surface area contributed by atoms with Crippen molar-refractivity contribution in [3.8, 4) is 0 Å². The van der Waals surface area contributed by atoms with Crippen molar-refractivity contribution in [2.45, 2.75) is 19.4 Å². The highest BCUT2D eigenvalue weighted by Crippen LogP contribution is 2.17. The molecular weight excluding hydrogens is 280 g/mol. The summed E-state index contributed by atoms with van der Waals surface area (Å²) in [7, 11) is 1.81. The molecule has 2 heterocycles. The molecule has 7 nitrogen and oxygen atoms in total. The van der Waals surface area contributed by atoms with Crippen LogP contribution >= 0.6 is 0 Å². The molecule has 0 aliphatic carbocycles. The van der Waals surface area contributed by atoms with Gasteiger partial charge in [0, 0.05) is 19.4 Å². The lowest BCUT2D eigenvalue weighted by atomic mass is 10.1. The molecule has 3 aromatic rings. The van der Waals surface area contributed by atoms with Crippen LogP contribution in [0.5, 0.6) is 0 Å². The lowest BCUT2D eigenvalue weighted by Crippen LogP contribution is -2.30. The topological polar surface area (TPSA) is 85.6 Å². The van der Waals surface area contributed by atoms with Crippen molar-refractivity contribution < 1.29 is 4.79 Å². The zero-order valence-corrected chi connectivity index (χ0v) is 12.4. The van der Waals surface area contributed by atoms with Crippen LogP contribution in [0.1, 0.15) is 35.6 Å². The van der Waals surface area contributed by atoms with Crippen LogP contribution in [0.3, 0.4) is 0 Å². The molecule has 1 aromatic carbocycles. The number of nitrogens with one attached hydrogen (secondary N) is 1. The van der Waals surface area contributed by atoms with Gasteiger partial charge in [-0.1, -0.05) is 13.0 Å². The van der Waals surface area contributed by atoms with Gasteiger partial charge in [0.25, 0.3) is 5.91 Å². The molecule has 0 fully saturated rings. The smallest absolute Gasteiger partial charge is 0.254 e. The lowest BCUT2D eigenvalue weighted by molar-refractivity contribution is 0.0934. The molecule has 112 valence electrons. The van der Waals surface area contributed by atoms with E-state index in [4.69, 9.17) is 0 Å². The average Bonchev–Trinajstić information content (AvgIpc) is 2.97. The number of rotatable bonds is 4. The maximum Gasteiger partial charge on any atom is 0.254 e. The first-order valence-corrected chi connectivity index (χ1v) is 7.05. The Balaban J connectivity index is 1.91. The molecule has 0 saturated carbocycles. The number of carbonyl (C=O) groups is 1. The average molecular weight is 296 g/mol. The molecule has 0 saturated heterocycles. The number of amides is 1. The molecule has 0 spiro atoms. The minimum Gasteiger partial charge on any atom is -0.342 e. The van der Waals surface area contributed by atoms with E-state index in [0.717, 1.165) is 5.82 Å². The Morgan fingerprint density at radius 3 is 2.82 bits per heavy atom. The second-order valence-electron chi connectivity index (χ2n) is 4.91. The fourth-order valence-electron chi connectivity index (χ4n) is 2.38. The van der Waals surface area contributed by atoms with E-state index in [0.29, 0.717) is 23.0 Å². The van der Waals surface area contributed by atoms with Crippen molar-refractivity contribution in [3.05, 3.63) is 48.3 Å². The summed E-state index contributed by atoms with van der Waals surface area (Å²) in [6.07, 6.45) is 5.39. The lowest BCUT2D eigenvalue weighted by Gasteiger charge is -2.16. The van der Waals surface area contributed by atoms with Gasteiger partial charge in [-0.05, 0) is 18.6 Å². The van der Waals surface area contributed by atoms with Gasteiger partial charge in [-0.25, -0.2) is 4.98 Å². The molecule has 0 aliphatic heterocycles. The normalized spacial score (nSPS) is 12.3. The zero-order valence-electron chi connectivity index (χ0n) is 12.4. The minimum absolute atomic E-state index is 0.194. The van der Waals surface area contributed by atoms with Crippen molar-refractivity contribution >= 4 is 16.9 Å². The predicted molar refractivity (Wildman–Crippen MR) is 81.0 cm³/mol. The third-order valence-electron chi connectivity index (χ3n) is 3.51. The molecule has 7 heteroatoms. The molecule has 1 atom stereocenters. The number of benzene rings is 1. The van der Waals surface area contributed by atoms with E-state index in [1.807, 2.05) is 13.0 Å². The Labute approximate surface area is 127 Å². The van der Waals surface area contributed by atoms with E-state index in [2.05, 4.69) is 25.4 Å². The highest BCUT2D eigenvalue weighted by atomic mass is 16.1. The maximum atomic E-state index is 12.6. The van der Waals surface area contributed by atoms with Crippen molar-refractivity contribution in [3.63, 3.8) is 0 Å². The molecule has 0 radical (unpaired) electrons. The largest absolute Gasteiger partial charge is 0.342 e. The number of fused-ring (bicyclic) bond motifs is 1. The SMILES string of the molecule is CC[C@@H](NC(=O)c1cccc2nccnc12)c1ncnn1C. The van der Waals surface area contributed by atoms with E-state index in [1.165, 1.54) is 6.33 Å². The van der Waals surface area contributed by atoms with Crippen LogP contribution in [0.25, 0.3) is 11.0 Å². The third-order valence-corrected chi connectivity index (χ3v) is 3.51. The molecule has 0 unspecified atom stereocenters. The first-order valence-electron chi connectivity index (χ1n) is 7.05. The number of hydrogen-bond donors (Lipinski definition) is 1. The summed E-state index contributed by atoms with van der Waals surface area (Å²) >= 11 is 0. The van der Waals surface area contributed by atoms with Gasteiger partial charge in [0.2, 0.25) is 0 Å². The molecule has 2 aromatic heterocycles. The van der Waals surface area contributed by atoms with E-state index in [-0.39, 0.29) is 11.9 Å². The Hall–Kier alpha value is -2.83. The standard InChI is InChI=1S/C15H16N6O/c1-3-11(14-18-9-19-21(14)2)20-15(22)10-5-4-6-12-13(10)17-8-7-16-12/h4-9,11H,3H2,1-2H3,(H,20,22)/t11-/m1/s1. The molecule has 3 rings (SSSR count). The number of nitrogens with zero attached hydrogens (tertiary/aromatic N) is 5. The second kappa shape index (κ2) is 5.88. The van der Waals surface area contributed by atoms with Crippen molar-refractivity contribution in [2.75, 3.05) is 0 Å². The number of hydrogen-bond acceptors (Lipinski definition) is 5. The number of aromatic nitrogens is 5. The summed E-state index contributed by atoms with van der Waals surface area (Å²) in [6.45, 7) is 1.99. The predicted octanol–water partition coefficient (Wildman–Crippen LogP) is 1.64. The minimum atomic E-state index is -0.202. The fourth-order valence-corrected chi connectivity index (χ4v) is 2.38. The third kappa shape index (κ3) is 2.52.